The molecule has 1 heterocycles. The molecule has 4 heteroatoms. The highest BCUT2D eigenvalue weighted by atomic mass is 16.3. The van der Waals surface area contributed by atoms with Crippen molar-refractivity contribution in [1.82, 2.24) is 9.88 Å². The zero-order valence-electron chi connectivity index (χ0n) is 9.97. The summed E-state index contributed by atoms with van der Waals surface area (Å²) in [5, 5.41) is 10.7. The van der Waals surface area contributed by atoms with E-state index in [0.29, 0.717) is 12.1 Å². The monoisotopic (exact) mass is 232 g/mol. The Bertz CT molecular complexity index is 531. The van der Waals surface area contributed by atoms with Crippen LogP contribution in [0, 0.1) is 0 Å². The number of aromatic amines is 1. The van der Waals surface area contributed by atoms with Gasteiger partial charge in [-0.05, 0) is 20.2 Å². The summed E-state index contributed by atoms with van der Waals surface area (Å²) in [5.41, 5.74) is 1.46. The number of carbonyl (C=O) groups is 1. The van der Waals surface area contributed by atoms with Crippen molar-refractivity contribution >= 4 is 16.7 Å². The Morgan fingerprint density at radius 1 is 1.41 bits per heavy atom. The van der Waals surface area contributed by atoms with E-state index in [9.17, 15) is 9.90 Å². The van der Waals surface area contributed by atoms with E-state index in [4.69, 9.17) is 0 Å². The van der Waals surface area contributed by atoms with Gasteiger partial charge in [0.25, 0.3) is 0 Å². The number of Topliss-reactive ketones (excluding diaryl/α,β-unsaturated/α-hetero) is 1. The summed E-state index contributed by atoms with van der Waals surface area (Å²) in [6, 6.07) is 7.57. The largest absolute Gasteiger partial charge is 0.384 e. The second-order valence-electron chi connectivity index (χ2n) is 4.39. The number of carbonyl (C=O) groups excluding carboxylic acids is 1. The number of fused-ring (bicyclic) bond motifs is 1. The Morgan fingerprint density at radius 2 is 2.12 bits per heavy atom. The Hall–Kier alpha value is -1.65. The SMILES string of the molecule is CN(C)CC(O)C(=O)c1c[nH]c2ccccc12. The molecule has 1 atom stereocenters. The number of rotatable bonds is 4. The number of likely N-dealkylation sites (N-methyl/N-ethyl adjacent to an activating group) is 1. The summed E-state index contributed by atoms with van der Waals surface area (Å²) in [7, 11) is 3.65. The van der Waals surface area contributed by atoms with E-state index in [1.165, 1.54) is 0 Å². The van der Waals surface area contributed by atoms with Crippen LogP contribution in [0.25, 0.3) is 10.9 Å². The van der Waals surface area contributed by atoms with Gasteiger partial charge in [-0.25, -0.2) is 0 Å². The van der Waals surface area contributed by atoms with Gasteiger partial charge in [0.2, 0.25) is 0 Å². The maximum absolute atomic E-state index is 12.1. The summed E-state index contributed by atoms with van der Waals surface area (Å²) in [4.78, 5) is 16.9. The van der Waals surface area contributed by atoms with Crippen molar-refractivity contribution in [3.63, 3.8) is 0 Å². The van der Waals surface area contributed by atoms with Crippen LogP contribution in [0.3, 0.4) is 0 Å². The third-order valence-electron chi connectivity index (χ3n) is 2.70. The quantitative estimate of drug-likeness (QED) is 0.781. The fourth-order valence-corrected chi connectivity index (χ4v) is 1.88. The van der Waals surface area contributed by atoms with E-state index in [1.807, 2.05) is 38.4 Å². The van der Waals surface area contributed by atoms with Gasteiger partial charge in [-0.1, -0.05) is 18.2 Å². The van der Waals surface area contributed by atoms with Crippen molar-refractivity contribution in [3.8, 4) is 0 Å². The lowest BCUT2D eigenvalue weighted by atomic mass is 10.1. The molecule has 1 unspecified atom stereocenters. The summed E-state index contributed by atoms with van der Waals surface area (Å²) in [5.74, 6) is -0.240. The Morgan fingerprint density at radius 3 is 2.82 bits per heavy atom. The van der Waals surface area contributed by atoms with Crippen molar-refractivity contribution < 1.29 is 9.90 Å². The van der Waals surface area contributed by atoms with Crippen LogP contribution >= 0.6 is 0 Å². The molecule has 0 amide bonds. The maximum Gasteiger partial charge on any atom is 0.194 e. The summed E-state index contributed by atoms with van der Waals surface area (Å²) < 4.78 is 0. The molecule has 2 N–H and O–H groups in total. The van der Waals surface area contributed by atoms with Gasteiger partial charge in [0.1, 0.15) is 6.10 Å². The molecule has 17 heavy (non-hydrogen) atoms. The average molecular weight is 232 g/mol. The van der Waals surface area contributed by atoms with Crippen LogP contribution in [0.15, 0.2) is 30.5 Å². The standard InChI is InChI=1S/C13H16N2O2/c1-15(2)8-12(16)13(17)10-7-14-11-6-4-3-5-9(10)11/h3-7,12,14,16H,8H2,1-2H3. The second-order valence-corrected chi connectivity index (χ2v) is 4.39. The predicted octanol–water partition coefficient (Wildman–Crippen LogP) is 1.27. The topological polar surface area (TPSA) is 56.3 Å². The molecule has 0 saturated heterocycles. The number of hydrogen-bond acceptors (Lipinski definition) is 3. The van der Waals surface area contributed by atoms with Crippen molar-refractivity contribution in [2.75, 3.05) is 20.6 Å². The normalized spacial score (nSPS) is 13.2. The first-order valence-corrected chi connectivity index (χ1v) is 5.52. The van der Waals surface area contributed by atoms with Gasteiger partial charge in [-0.3, -0.25) is 4.79 Å². The summed E-state index contributed by atoms with van der Waals surface area (Å²) in [6.45, 7) is 0.332. The molecule has 0 aliphatic rings. The van der Waals surface area contributed by atoms with E-state index in [-0.39, 0.29) is 5.78 Å². The molecule has 90 valence electrons. The smallest absolute Gasteiger partial charge is 0.194 e. The third-order valence-corrected chi connectivity index (χ3v) is 2.70. The molecular weight excluding hydrogens is 216 g/mol. The molecule has 0 spiro atoms. The first-order chi connectivity index (χ1) is 8.09. The number of para-hydroxylation sites is 1. The average Bonchev–Trinajstić information content (AvgIpc) is 2.70. The van der Waals surface area contributed by atoms with Crippen LogP contribution in [0.2, 0.25) is 0 Å². The zero-order chi connectivity index (χ0) is 12.4. The van der Waals surface area contributed by atoms with Crippen molar-refractivity contribution in [3.05, 3.63) is 36.0 Å². The van der Waals surface area contributed by atoms with E-state index >= 15 is 0 Å². The van der Waals surface area contributed by atoms with E-state index in [0.717, 1.165) is 10.9 Å². The number of H-pyrrole nitrogens is 1. The van der Waals surface area contributed by atoms with Crippen LogP contribution in [0.4, 0.5) is 0 Å². The van der Waals surface area contributed by atoms with Gasteiger partial charge in [-0.15, -0.1) is 0 Å². The minimum atomic E-state index is -0.982. The van der Waals surface area contributed by atoms with Gasteiger partial charge in [0, 0.05) is 29.2 Å². The van der Waals surface area contributed by atoms with Crippen LogP contribution in [-0.2, 0) is 0 Å². The molecule has 0 fully saturated rings. The Kier molecular flexibility index (Phi) is 3.26. The molecule has 0 radical (unpaired) electrons. The van der Waals surface area contributed by atoms with E-state index in [2.05, 4.69) is 4.98 Å². The van der Waals surface area contributed by atoms with Gasteiger partial charge < -0.3 is 15.0 Å². The molecule has 0 saturated carbocycles. The number of aromatic nitrogens is 1. The fourth-order valence-electron chi connectivity index (χ4n) is 1.88. The third kappa shape index (κ3) is 2.38. The lowest BCUT2D eigenvalue weighted by molar-refractivity contribution is 0.0691. The second kappa shape index (κ2) is 4.69. The van der Waals surface area contributed by atoms with Crippen molar-refractivity contribution in [2.45, 2.75) is 6.10 Å². The van der Waals surface area contributed by atoms with Gasteiger partial charge >= 0.3 is 0 Å². The molecule has 1 aromatic heterocycles. The lowest BCUT2D eigenvalue weighted by Gasteiger charge is -2.14. The van der Waals surface area contributed by atoms with E-state index < -0.39 is 6.10 Å². The molecule has 0 aliphatic heterocycles. The highest BCUT2D eigenvalue weighted by Crippen LogP contribution is 2.19. The van der Waals surface area contributed by atoms with Crippen LogP contribution in [0.1, 0.15) is 10.4 Å². The first kappa shape index (κ1) is 11.8. The number of nitrogens with one attached hydrogen (secondary N) is 1. The highest BCUT2D eigenvalue weighted by molar-refractivity contribution is 6.09. The summed E-state index contributed by atoms with van der Waals surface area (Å²) in [6.07, 6.45) is 0.676. The number of benzene rings is 1. The molecule has 0 bridgehead atoms. The molecule has 0 aliphatic carbocycles. The Labute approximate surface area is 99.9 Å². The highest BCUT2D eigenvalue weighted by Gasteiger charge is 2.20. The number of aliphatic hydroxyl groups excluding tert-OH is 1. The van der Waals surface area contributed by atoms with Crippen LogP contribution in [-0.4, -0.2) is 47.5 Å². The summed E-state index contributed by atoms with van der Waals surface area (Å²) >= 11 is 0. The number of nitrogens with zero attached hydrogens (tertiary/aromatic N) is 1. The van der Waals surface area contributed by atoms with Crippen LogP contribution < -0.4 is 0 Å². The molecule has 2 aromatic rings. The zero-order valence-corrected chi connectivity index (χ0v) is 9.97. The predicted molar refractivity (Wildman–Crippen MR) is 67.2 cm³/mol. The van der Waals surface area contributed by atoms with Crippen molar-refractivity contribution in [1.29, 1.82) is 0 Å². The molecule has 4 nitrogen and oxygen atoms in total. The van der Waals surface area contributed by atoms with Gasteiger partial charge in [0.05, 0.1) is 0 Å². The number of aliphatic hydroxyl groups is 1. The van der Waals surface area contributed by atoms with Crippen molar-refractivity contribution in [2.24, 2.45) is 0 Å². The Balaban J connectivity index is 2.30. The minimum Gasteiger partial charge on any atom is -0.384 e. The first-order valence-electron chi connectivity index (χ1n) is 5.52. The number of ketones is 1. The molecule has 1 aromatic carbocycles. The number of hydrogen-bond donors (Lipinski definition) is 2. The van der Waals surface area contributed by atoms with Gasteiger partial charge in [0.15, 0.2) is 5.78 Å². The van der Waals surface area contributed by atoms with Crippen LogP contribution in [0.5, 0.6) is 0 Å². The fraction of sp³-hybridized carbons (Fsp3) is 0.308. The van der Waals surface area contributed by atoms with E-state index in [1.54, 1.807) is 11.1 Å². The van der Waals surface area contributed by atoms with Gasteiger partial charge in [-0.2, -0.15) is 0 Å². The minimum absolute atomic E-state index is 0.240. The molecular formula is C13H16N2O2. The lowest BCUT2D eigenvalue weighted by Crippen LogP contribution is -2.32. The molecule has 2 rings (SSSR count). The maximum atomic E-state index is 12.1.